The molecule has 0 saturated carbocycles. The number of pyridine rings is 1. The standard InChI is InChI=1S/C17H11F4N5/c18-12-5-3-10(4-6-12)13-8-14(11-2-1-7-22-9-11)26-16(23-13)24-15(25-26)17(19,20)21/h1-9,14H,(H,23,24,25)/t14-/m0/s1. The van der Waals surface area contributed by atoms with E-state index in [2.05, 4.69) is 20.4 Å². The van der Waals surface area contributed by atoms with Gasteiger partial charge in [0.25, 0.3) is 5.82 Å². The largest absolute Gasteiger partial charge is 0.453 e. The lowest BCUT2D eigenvalue weighted by Crippen LogP contribution is -2.20. The number of fused-ring (bicyclic) bond motifs is 1. The van der Waals surface area contributed by atoms with Gasteiger partial charge in [-0.1, -0.05) is 6.07 Å². The third kappa shape index (κ3) is 2.92. The van der Waals surface area contributed by atoms with E-state index in [1.54, 1.807) is 30.6 Å². The molecule has 26 heavy (non-hydrogen) atoms. The van der Waals surface area contributed by atoms with Crippen LogP contribution in [0.2, 0.25) is 0 Å². The molecule has 0 radical (unpaired) electrons. The van der Waals surface area contributed by atoms with Gasteiger partial charge in [-0.15, -0.1) is 5.10 Å². The van der Waals surface area contributed by atoms with E-state index >= 15 is 0 Å². The second kappa shape index (κ2) is 5.94. The van der Waals surface area contributed by atoms with E-state index in [9.17, 15) is 17.6 Å². The lowest BCUT2D eigenvalue weighted by atomic mass is 10.0. The maximum atomic E-state index is 13.2. The van der Waals surface area contributed by atoms with E-state index in [4.69, 9.17) is 0 Å². The normalized spacial score (nSPS) is 16.6. The van der Waals surface area contributed by atoms with Crippen LogP contribution >= 0.6 is 0 Å². The first-order valence-corrected chi connectivity index (χ1v) is 7.60. The van der Waals surface area contributed by atoms with Crippen LogP contribution in [0, 0.1) is 5.82 Å². The molecule has 2 aromatic heterocycles. The van der Waals surface area contributed by atoms with Crippen molar-refractivity contribution < 1.29 is 17.6 Å². The summed E-state index contributed by atoms with van der Waals surface area (Å²) in [5, 5.41) is 6.44. The van der Waals surface area contributed by atoms with Crippen molar-refractivity contribution in [1.82, 2.24) is 19.7 Å². The highest BCUT2D eigenvalue weighted by Crippen LogP contribution is 2.35. The lowest BCUT2D eigenvalue weighted by molar-refractivity contribution is -0.145. The molecular formula is C17H11F4N5. The van der Waals surface area contributed by atoms with Gasteiger partial charge in [-0.2, -0.15) is 18.2 Å². The molecular weight excluding hydrogens is 350 g/mol. The van der Waals surface area contributed by atoms with Gasteiger partial charge in [-0.05, 0) is 47.5 Å². The molecule has 1 aliphatic heterocycles. The lowest BCUT2D eigenvalue weighted by Gasteiger charge is -2.24. The number of aromatic nitrogens is 4. The number of hydrogen-bond acceptors (Lipinski definition) is 4. The van der Waals surface area contributed by atoms with Crippen LogP contribution in [-0.4, -0.2) is 19.7 Å². The van der Waals surface area contributed by atoms with Gasteiger partial charge in [0.05, 0.1) is 0 Å². The summed E-state index contributed by atoms with van der Waals surface area (Å²) in [7, 11) is 0. The molecule has 0 unspecified atom stereocenters. The quantitative estimate of drug-likeness (QED) is 0.704. The van der Waals surface area contributed by atoms with E-state index in [1.807, 2.05) is 0 Å². The first-order chi connectivity index (χ1) is 12.4. The second-order valence-electron chi connectivity index (χ2n) is 5.64. The molecule has 1 aliphatic rings. The Bertz CT molecular complexity index is 961. The number of rotatable bonds is 2. The number of halogens is 4. The molecule has 9 heteroatoms. The van der Waals surface area contributed by atoms with Gasteiger partial charge >= 0.3 is 6.18 Å². The van der Waals surface area contributed by atoms with Crippen LogP contribution in [0.25, 0.3) is 5.70 Å². The highest BCUT2D eigenvalue weighted by molar-refractivity contribution is 5.77. The summed E-state index contributed by atoms with van der Waals surface area (Å²) in [6, 6.07) is 8.40. The predicted octanol–water partition coefficient (Wildman–Crippen LogP) is 3.89. The summed E-state index contributed by atoms with van der Waals surface area (Å²) >= 11 is 0. The maximum absolute atomic E-state index is 13.2. The number of anilines is 1. The summed E-state index contributed by atoms with van der Waals surface area (Å²) in [5.74, 6) is -1.69. The molecule has 1 atom stereocenters. The molecule has 3 heterocycles. The van der Waals surface area contributed by atoms with Crippen LogP contribution in [0.15, 0.2) is 54.9 Å². The number of nitrogens with zero attached hydrogens (tertiary/aromatic N) is 4. The third-order valence-corrected chi connectivity index (χ3v) is 3.90. The number of benzene rings is 1. The third-order valence-electron chi connectivity index (χ3n) is 3.90. The molecule has 1 N–H and O–H groups in total. The van der Waals surface area contributed by atoms with Gasteiger partial charge in [0.15, 0.2) is 0 Å². The van der Waals surface area contributed by atoms with Crippen molar-refractivity contribution in [2.24, 2.45) is 0 Å². The second-order valence-corrected chi connectivity index (χ2v) is 5.64. The van der Waals surface area contributed by atoms with E-state index in [-0.39, 0.29) is 5.95 Å². The van der Waals surface area contributed by atoms with Crippen molar-refractivity contribution in [2.45, 2.75) is 12.2 Å². The average Bonchev–Trinajstić information content (AvgIpc) is 3.07. The number of alkyl halides is 3. The zero-order chi connectivity index (χ0) is 18.3. The highest BCUT2D eigenvalue weighted by atomic mass is 19.4. The zero-order valence-corrected chi connectivity index (χ0v) is 13.1. The van der Waals surface area contributed by atoms with E-state index in [0.717, 1.165) is 4.68 Å². The monoisotopic (exact) mass is 361 g/mol. The maximum Gasteiger partial charge on any atom is 0.453 e. The average molecular weight is 361 g/mol. The molecule has 3 aromatic rings. The minimum Gasteiger partial charge on any atom is -0.324 e. The minimum absolute atomic E-state index is 0.0481. The molecule has 0 spiro atoms. The van der Waals surface area contributed by atoms with Gasteiger partial charge in [0.2, 0.25) is 5.95 Å². The highest BCUT2D eigenvalue weighted by Gasteiger charge is 2.39. The van der Waals surface area contributed by atoms with Crippen molar-refractivity contribution in [1.29, 1.82) is 0 Å². The minimum atomic E-state index is -4.67. The summed E-state index contributed by atoms with van der Waals surface area (Å²) < 4.78 is 53.4. The van der Waals surface area contributed by atoms with Crippen molar-refractivity contribution >= 4 is 11.6 Å². The zero-order valence-electron chi connectivity index (χ0n) is 13.1. The molecule has 0 aliphatic carbocycles. The van der Waals surface area contributed by atoms with Crippen LogP contribution in [0.5, 0.6) is 0 Å². The number of hydrogen-bond donors (Lipinski definition) is 1. The van der Waals surface area contributed by atoms with Crippen LogP contribution in [0.4, 0.5) is 23.5 Å². The Balaban J connectivity index is 1.83. The molecule has 0 saturated heterocycles. The fourth-order valence-electron chi connectivity index (χ4n) is 2.70. The van der Waals surface area contributed by atoms with E-state index < -0.39 is 23.9 Å². The Morgan fingerprint density at radius 1 is 1.08 bits per heavy atom. The topological polar surface area (TPSA) is 55.6 Å². The van der Waals surface area contributed by atoms with Crippen molar-refractivity contribution in [3.63, 3.8) is 0 Å². The number of allylic oxidation sites excluding steroid dienone is 1. The van der Waals surface area contributed by atoms with Crippen LogP contribution in [0.1, 0.15) is 23.0 Å². The molecule has 0 bridgehead atoms. The molecule has 132 valence electrons. The van der Waals surface area contributed by atoms with Crippen molar-refractivity contribution in [2.75, 3.05) is 5.32 Å². The van der Waals surface area contributed by atoms with Gasteiger partial charge < -0.3 is 5.32 Å². The van der Waals surface area contributed by atoms with E-state index in [1.165, 1.54) is 24.3 Å². The van der Waals surface area contributed by atoms with Crippen LogP contribution in [0.3, 0.4) is 0 Å². The summed E-state index contributed by atoms with van der Waals surface area (Å²) in [4.78, 5) is 7.59. The molecule has 5 nitrogen and oxygen atoms in total. The Kier molecular flexibility index (Phi) is 3.71. The summed E-state index contributed by atoms with van der Waals surface area (Å²) in [5.41, 5.74) is 1.77. The van der Waals surface area contributed by atoms with Gasteiger partial charge in [0.1, 0.15) is 11.9 Å². The first kappa shape index (κ1) is 16.2. The van der Waals surface area contributed by atoms with Crippen molar-refractivity contribution in [3.05, 3.63) is 77.6 Å². The molecule has 1 aromatic carbocycles. The fraction of sp³-hybridized carbons (Fsp3) is 0.118. The molecule has 4 rings (SSSR count). The Morgan fingerprint density at radius 3 is 2.50 bits per heavy atom. The summed E-state index contributed by atoms with van der Waals surface area (Å²) in [6.07, 6.45) is 0.152. The predicted molar refractivity (Wildman–Crippen MR) is 85.4 cm³/mol. The first-order valence-electron chi connectivity index (χ1n) is 7.60. The smallest absolute Gasteiger partial charge is 0.324 e. The molecule has 0 amide bonds. The van der Waals surface area contributed by atoms with Gasteiger partial charge in [-0.3, -0.25) is 4.98 Å². The number of nitrogens with one attached hydrogen (secondary N) is 1. The Morgan fingerprint density at radius 2 is 1.85 bits per heavy atom. The Labute approximate surface area is 145 Å². The van der Waals surface area contributed by atoms with Crippen LogP contribution < -0.4 is 5.32 Å². The van der Waals surface area contributed by atoms with Crippen molar-refractivity contribution in [3.8, 4) is 0 Å². The van der Waals surface area contributed by atoms with Crippen LogP contribution in [-0.2, 0) is 6.18 Å². The SMILES string of the molecule is Fc1ccc(C2=C[C@@H](c3cccnc3)n3nc(C(F)(F)F)nc3N2)cc1. The van der Waals surface area contributed by atoms with E-state index in [0.29, 0.717) is 16.8 Å². The Hall–Kier alpha value is -3.23. The van der Waals surface area contributed by atoms with Gasteiger partial charge in [0, 0.05) is 18.1 Å². The summed E-state index contributed by atoms with van der Waals surface area (Å²) in [6.45, 7) is 0. The van der Waals surface area contributed by atoms with Gasteiger partial charge in [-0.25, -0.2) is 9.07 Å². The fourth-order valence-corrected chi connectivity index (χ4v) is 2.70. The molecule has 0 fully saturated rings.